The maximum Gasteiger partial charge on any atom is 0.224 e. The lowest BCUT2D eigenvalue weighted by atomic mass is 10.2. The molecule has 1 aromatic heterocycles. The number of hydrogen-bond donors (Lipinski definition) is 2. The van der Waals surface area contributed by atoms with Crippen molar-refractivity contribution < 1.29 is 4.39 Å². The summed E-state index contributed by atoms with van der Waals surface area (Å²) in [6.07, 6.45) is 1.67. The molecule has 0 aliphatic carbocycles. The van der Waals surface area contributed by atoms with E-state index in [9.17, 15) is 4.39 Å². The van der Waals surface area contributed by atoms with Gasteiger partial charge in [0.05, 0.1) is 0 Å². The summed E-state index contributed by atoms with van der Waals surface area (Å²) in [5, 5.41) is 6.33. The summed E-state index contributed by atoms with van der Waals surface area (Å²) in [5.74, 6) is 0.882. The van der Waals surface area contributed by atoms with Crippen molar-refractivity contribution in [1.82, 2.24) is 9.97 Å². The summed E-state index contributed by atoms with van der Waals surface area (Å²) in [6, 6.07) is 16.7. The van der Waals surface area contributed by atoms with Crippen LogP contribution in [0.4, 0.5) is 27.5 Å². The van der Waals surface area contributed by atoms with Crippen molar-refractivity contribution in [2.75, 3.05) is 28.6 Å². The second-order valence-corrected chi connectivity index (χ2v) is 6.05. The summed E-state index contributed by atoms with van der Waals surface area (Å²) in [7, 11) is 0. The fourth-order valence-electron chi connectivity index (χ4n) is 2.82. The molecular formula is C21H24FN5. The molecule has 1 heterocycles. The number of benzene rings is 2. The van der Waals surface area contributed by atoms with E-state index >= 15 is 0 Å². The molecule has 0 aliphatic heterocycles. The van der Waals surface area contributed by atoms with Crippen LogP contribution in [0.2, 0.25) is 0 Å². The molecule has 6 heteroatoms. The highest BCUT2D eigenvalue weighted by molar-refractivity contribution is 5.61. The smallest absolute Gasteiger partial charge is 0.224 e. The summed E-state index contributed by atoms with van der Waals surface area (Å²) < 4.78 is 13.7. The molecule has 140 valence electrons. The molecule has 27 heavy (non-hydrogen) atoms. The van der Waals surface area contributed by atoms with E-state index in [-0.39, 0.29) is 5.82 Å². The van der Waals surface area contributed by atoms with Crippen LogP contribution in [0, 0.1) is 5.82 Å². The molecule has 0 unspecified atom stereocenters. The van der Waals surface area contributed by atoms with Gasteiger partial charge < -0.3 is 15.5 Å². The van der Waals surface area contributed by atoms with Gasteiger partial charge in [0.2, 0.25) is 5.95 Å². The molecule has 0 bridgehead atoms. The number of halogens is 1. The van der Waals surface area contributed by atoms with Crippen LogP contribution < -0.4 is 15.5 Å². The quantitative estimate of drug-likeness (QED) is 0.599. The van der Waals surface area contributed by atoms with E-state index in [1.807, 2.05) is 12.1 Å². The summed E-state index contributed by atoms with van der Waals surface area (Å²) >= 11 is 0. The van der Waals surface area contributed by atoms with Crippen LogP contribution in [0.5, 0.6) is 0 Å². The third kappa shape index (κ3) is 4.94. The van der Waals surface area contributed by atoms with Crippen LogP contribution in [-0.2, 0) is 6.54 Å². The Bertz CT molecular complexity index is 862. The zero-order valence-electron chi connectivity index (χ0n) is 15.6. The SMILES string of the molecule is CCN(CC)c1ccc(Nc2ccnc(NCc3ccccc3F)n2)cc1. The van der Waals surface area contributed by atoms with Gasteiger partial charge in [-0.25, -0.2) is 9.37 Å². The average molecular weight is 365 g/mol. The lowest BCUT2D eigenvalue weighted by Crippen LogP contribution is -2.21. The van der Waals surface area contributed by atoms with Crippen molar-refractivity contribution in [2.24, 2.45) is 0 Å². The first-order valence-corrected chi connectivity index (χ1v) is 9.12. The largest absolute Gasteiger partial charge is 0.372 e. The maximum atomic E-state index is 13.7. The molecule has 0 fully saturated rings. The highest BCUT2D eigenvalue weighted by Gasteiger charge is 2.05. The normalized spacial score (nSPS) is 10.5. The zero-order valence-corrected chi connectivity index (χ0v) is 15.6. The highest BCUT2D eigenvalue weighted by Crippen LogP contribution is 2.20. The van der Waals surface area contributed by atoms with Crippen LogP contribution in [0.1, 0.15) is 19.4 Å². The van der Waals surface area contributed by atoms with Gasteiger partial charge >= 0.3 is 0 Å². The van der Waals surface area contributed by atoms with Crippen LogP contribution in [0.3, 0.4) is 0 Å². The van der Waals surface area contributed by atoms with Crippen LogP contribution in [-0.4, -0.2) is 23.1 Å². The van der Waals surface area contributed by atoms with Crippen LogP contribution in [0.15, 0.2) is 60.8 Å². The lowest BCUT2D eigenvalue weighted by molar-refractivity contribution is 0.612. The van der Waals surface area contributed by atoms with Crippen molar-refractivity contribution in [3.63, 3.8) is 0 Å². The molecule has 0 aliphatic rings. The van der Waals surface area contributed by atoms with Gasteiger partial charge in [-0.3, -0.25) is 0 Å². The van der Waals surface area contributed by atoms with Crippen LogP contribution >= 0.6 is 0 Å². The second kappa shape index (κ2) is 8.98. The van der Waals surface area contributed by atoms with Crippen molar-refractivity contribution >= 4 is 23.1 Å². The third-order valence-electron chi connectivity index (χ3n) is 4.32. The lowest BCUT2D eigenvalue weighted by Gasteiger charge is -2.21. The first-order valence-electron chi connectivity index (χ1n) is 9.12. The fraction of sp³-hybridized carbons (Fsp3) is 0.238. The Labute approximate surface area is 159 Å². The second-order valence-electron chi connectivity index (χ2n) is 6.05. The topological polar surface area (TPSA) is 53.1 Å². The number of rotatable bonds is 8. The first-order chi connectivity index (χ1) is 13.2. The molecule has 5 nitrogen and oxygen atoms in total. The van der Waals surface area contributed by atoms with E-state index in [4.69, 9.17) is 0 Å². The number of aromatic nitrogens is 2. The molecule has 3 rings (SSSR count). The van der Waals surface area contributed by atoms with Gasteiger partial charge in [0.1, 0.15) is 11.6 Å². The van der Waals surface area contributed by atoms with E-state index in [1.165, 1.54) is 11.8 Å². The van der Waals surface area contributed by atoms with E-state index < -0.39 is 0 Å². The Hall–Kier alpha value is -3.15. The van der Waals surface area contributed by atoms with E-state index in [2.05, 4.69) is 51.5 Å². The summed E-state index contributed by atoms with van der Waals surface area (Å²) in [4.78, 5) is 10.9. The molecule has 0 saturated heterocycles. The van der Waals surface area contributed by atoms with Crippen molar-refractivity contribution in [3.05, 3.63) is 72.2 Å². The van der Waals surface area contributed by atoms with Gasteiger partial charge in [-0.1, -0.05) is 18.2 Å². The van der Waals surface area contributed by atoms with Crippen molar-refractivity contribution in [3.8, 4) is 0 Å². The Kier molecular flexibility index (Phi) is 6.20. The molecule has 0 atom stereocenters. The van der Waals surface area contributed by atoms with Gasteiger partial charge in [0, 0.05) is 42.8 Å². The molecule has 0 saturated carbocycles. The molecule has 3 aromatic rings. The number of nitrogens with one attached hydrogen (secondary N) is 2. The molecule has 0 radical (unpaired) electrons. The van der Waals surface area contributed by atoms with Gasteiger partial charge in [0.25, 0.3) is 0 Å². The van der Waals surface area contributed by atoms with E-state index in [0.717, 1.165) is 18.8 Å². The highest BCUT2D eigenvalue weighted by atomic mass is 19.1. The van der Waals surface area contributed by atoms with Gasteiger partial charge in [0.15, 0.2) is 0 Å². The standard InChI is InChI=1S/C21H24FN5/c1-3-27(4-2)18-11-9-17(10-12-18)25-20-13-14-23-21(26-20)24-15-16-7-5-6-8-19(16)22/h5-14H,3-4,15H2,1-2H3,(H2,23,24,25,26). The van der Waals surface area contributed by atoms with E-state index in [0.29, 0.717) is 23.9 Å². The Morgan fingerprint density at radius 3 is 2.41 bits per heavy atom. The van der Waals surface area contributed by atoms with E-state index in [1.54, 1.807) is 30.5 Å². The molecular weight excluding hydrogens is 341 g/mol. The Morgan fingerprint density at radius 2 is 1.70 bits per heavy atom. The van der Waals surface area contributed by atoms with Gasteiger partial charge in [-0.15, -0.1) is 0 Å². The zero-order chi connectivity index (χ0) is 19.1. The Morgan fingerprint density at radius 1 is 0.963 bits per heavy atom. The predicted molar refractivity (Wildman–Crippen MR) is 109 cm³/mol. The van der Waals surface area contributed by atoms with Gasteiger partial charge in [-0.2, -0.15) is 4.98 Å². The van der Waals surface area contributed by atoms with Crippen molar-refractivity contribution in [2.45, 2.75) is 20.4 Å². The minimum atomic E-state index is -0.243. The van der Waals surface area contributed by atoms with Crippen LogP contribution in [0.25, 0.3) is 0 Å². The summed E-state index contributed by atoms with van der Waals surface area (Å²) in [5.41, 5.74) is 2.72. The number of nitrogens with zero attached hydrogens (tertiary/aromatic N) is 3. The molecule has 0 spiro atoms. The molecule has 0 amide bonds. The number of anilines is 4. The minimum absolute atomic E-state index is 0.243. The maximum absolute atomic E-state index is 13.7. The predicted octanol–water partition coefficient (Wildman–Crippen LogP) is 4.82. The fourth-order valence-corrected chi connectivity index (χ4v) is 2.82. The number of hydrogen-bond acceptors (Lipinski definition) is 5. The monoisotopic (exact) mass is 365 g/mol. The average Bonchev–Trinajstić information content (AvgIpc) is 2.70. The van der Waals surface area contributed by atoms with Crippen molar-refractivity contribution in [1.29, 1.82) is 0 Å². The first kappa shape index (κ1) is 18.6. The molecule has 2 aromatic carbocycles. The molecule has 2 N–H and O–H groups in total. The summed E-state index contributed by atoms with van der Waals surface area (Å²) in [6.45, 7) is 6.58. The van der Waals surface area contributed by atoms with Gasteiger partial charge in [-0.05, 0) is 50.2 Å². The third-order valence-corrected chi connectivity index (χ3v) is 4.32. The Balaban J connectivity index is 1.64. The minimum Gasteiger partial charge on any atom is -0.372 e.